The summed E-state index contributed by atoms with van der Waals surface area (Å²) in [4.78, 5) is 6.43. The first-order valence-corrected chi connectivity index (χ1v) is 7.73. The lowest BCUT2D eigenvalue weighted by Gasteiger charge is -2.42. The van der Waals surface area contributed by atoms with Crippen LogP contribution in [0.4, 0.5) is 5.69 Å². The summed E-state index contributed by atoms with van der Waals surface area (Å²) in [6.45, 7) is 2.52. The van der Waals surface area contributed by atoms with Crippen molar-refractivity contribution in [2.45, 2.75) is 18.4 Å². The highest BCUT2D eigenvalue weighted by Gasteiger charge is 2.43. The van der Waals surface area contributed by atoms with E-state index in [0.29, 0.717) is 5.15 Å². The van der Waals surface area contributed by atoms with E-state index in [9.17, 15) is 0 Å². The average Bonchev–Trinajstić information content (AvgIpc) is 2.86. The van der Waals surface area contributed by atoms with Crippen molar-refractivity contribution in [2.75, 3.05) is 24.6 Å². The number of ether oxygens (including phenoxy) is 1. The fourth-order valence-electron chi connectivity index (χ4n) is 3.56. The van der Waals surface area contributed by atoms with Crippen molar-refractivity contribution in [1.29, 1.82) is 0 Å². The van der Waals surface area contributed by atoms with Gasteiger partial charge in [0.1, 0.15) is 10.8 Å². The molecule has 108 valence electrons. The van der Waals surface area contributed by atoms with Gasteiger partial charge in [-0.3, -0.25) is 0 Å². The Morgan fingerprint density at radius 2 is 2.14 bits per heavy atom. The molecule has 0 bridgehead atoms. The molecule has 1 aliphatic heterocycles. The van der Waals surface area contributed by atoms with Gasteiger partial charge >= 0.3 is 0 Å². The topological polar surface area (TPSA) is 25.4 Å². The molecule has 1 atom stereocenters. The van der Waals surface area contributed by atoms with Gasteiger partial charge in [0.15, 0.2) is 0 Å². The fraction of sp³-hybridized carbons (Fsp3) is 0.353. The number of benzene rings is 1. The third kappa shape index (κ3) is 2.21. The zero-order chi connectivity index (χ0) is 14.3. The van der Waals surface area contributed by atoms with Crippen molar-refractivity contribution in [1.82, 2.24) is 4.98 Å². The highest BCUT2D eigenvalue weighted by atomic mass is 35.5. The minimum atomic E-state index is -0.162. The standard InChI is InChI=1S/C17H17ClN2O/c18-16-11-14(6-8-19-16)20-9-10-21-17(12-20)7-5-13-3-1-2-4-15(13)17/h1-4,6,8,11H,5,7,9-10,12H2. The monoisotopic (exact) mass is 300 g/mol. The summed E-state index contributed by atoms with van der Waals surface area (Å²) in [5.41, 5.74) is 3.74. The molecule has 1 fully saturated rings. The Kier molecular flexibility index (Phi) is 3.12. The minimum Gasteiger partial charge on any atom is -0.367 e. The maximum atomic E-state index is 6.24. The van der Waals surface area contributed by atoms with Crippen LogP contribution in [0.15, 0.2) is 42.6 Å². The first-order valence-electron chi connectivity index (χ1n) is 7.36. The van der Waals surface area contributed by atoms with Crippen LogP contribution in [0.25, 0.3) is 0 Å². The van der Waals surface area contributed by atoms with Gasteiger partial charge in [0.2, 0.25) is 0 Å². The molecule has 2 aromatic rings. The van der Waals surface area contributed by atoms with E-state index >= 15 is 0 Å². The molecule has 0 N–H and O–H groups in total. The molecule has 4 heteroatoms. The molecule has 4 rings (SSSR count). The first kappa shape index (κ1) is 13.1. The van der Waals surface area contributed by atoms with Crippen LogP contribution in [0.2, 0.25) is 5.15 Å². The molecule has 1 aliphatic carbocycles. The van der Waals surface area contributed by atoms with Crippen molar-refractivity contribution in [3.63, 3.8) is 0 Å². The molecule has 2 aliphatic rings. The number of morpholine rings is 1. The van der Waals surface area contributed by atoms with Gasteiger partial charge in [-0.15, -0.1) is 0 Å². The van der Waals surface area contributed by atoms with Crippen molar-refractivity contribution in [3.05, 3.63) is 58.9 Å². The van der Waals surface area contributed by atoms with E-state index in [1.807, 2.05) is 12.1 Å². The lowest BCUT2D eigenvalue weighted by molar-refractivity contribution is -0.0592. The van der Waals surface area contributed by atoms with E-state index in [-0.39, 0.29) is 5.60 Å². The van der Waals surface area contributed by atoms with Gasteiger partial charge in [-0.2, -0.15) is 0 Å². The van der Waals surface area contributed by atoms with Crippen LogP contribution in [0, 0.1) is 0 Å². The molecule has 1 aromatic carbocycles. The van der Waals surface area contributed by atoms with Gasteiger partial charge in [-0.05, 0) is 36.1 Å². The van der Waals surface area contributed by atoms with Crippen LogP contribution < -0.4 is 4.90 Å². The lowest BCUT2D eigenvalue weighted by atomic mass is 9.93. The summed E-state index contributed by atoms with van der Waals surface area (Å²) >= 11 is 6.03. The highest BCUT2D eigenvalue weighted by Crippen LogP contribution is 2.42. The quantitative estimate of drug-likeness (QED) is 0.755. The summed E-state index contributed by atoms with van der Waals surface area (Å²) in [6, 6.07) is 12.6. The van der Waals surface area contributed by atoms with Gasteiger partial charge in [0, 0.05) is 18.4 Å². The Balaban J connectivity index is 1.68. The highest BCUT2D eigenvalue weighted by molar-refractivity contribution is 6.29. The number of aryl methyl sites for hydroxylation is 1. The average molecular weight is 301 g/mol. The van der Waals surface area contributed by atoms with Crippen molar-refractivity contribution >= 4 is 17.3 Å². The number of pyridine rings is 1. The van der Waals surface area contributed by atoms with Crippen LogP contribution in [-0.4, -0.2) is 24.7 Å². The van der Waals surface area contributed by atoms with E-state index in [2.05, 4.69) is 34.1 Å². The Morgan fingerprint density at radius 1 is 1.24 bits per heavy atom. The fourth-order valence-corrected chi connectivity index (χ4v) is 3.73. The van der Waals surface area contributed by atoms with Crippen LogP contribution in [0.5, 0.6) is 0 Å². The van der Waals surface area contributed by atoms with Gasteiger partial charge < -0.3 is 9.64 Å². The van der Waals surface area contributed by atoms with Gasteiger partial charge in [-0.1, -0.05) is 35.9 Å². The minimum absolute atomic E-state index is 0.162. The lowest BCUT2D eigenvalue weighted by Crippen LogP contribution is -2.49. The number of anilines is 1. The Labute approximate surface area is 129 Å². The maximum Gasteiger partial charge on any atom is 0.131 e. The molecule has 3 nitrogen and oxygen atoms in total. The number of hydrogen-bond donors (Lipinski definition) is 0. The van der Waals surface area contributed by atoms with Crippen molar-refractivity contribution in [2.24, 2.45) is 0 Å². The molecule has 0 saturated carbocycles. The zero-order valence-corrected chi connectivity index (χ0v) is 12.5. The Hall–Kier alpha value is -1.58. The SMILES string of the molecule is Clc1cc(N2CCOC3(CCc4ccccc43)C2)ccn1. The van der Waals surface area contributed by atoms with E-state index in [4.69, 9.17) is 16.3 Å². The molecule has 1 aromatic heterocycles. The second-order valence-corrected chi connectivity index (χ2v) is 6.15. The molecular formula is C17H17ClN2O. The van der Waals surface area contributed by atoms with Gasteiger partial charge in [0.25, 0.3) is 0 Å². The van der Waals surface area contributed by atoms with Crippen LogP contribution in [-0.2, 0) is 16.8 Å². The van der Waals surface area contributed by atoms with Crippen LogP contribution in [0.3, 0.4) is 0 Å². The first-order chi connectivity index (χ1) is 10.3. The summed E-state index contributed by atoms with van der Waals surface area (Å²) < 4.78 is 6.24. The molecule has 1 saturated heterocycles. The number of fused-ring (bicyclic) bond motifs is 2. The van der Waals surface area contributed by atoms with Crippen LogP contribution in [0.1, 0.15) is 17.5 Å². The second-order valence-electron chi connectivity index (χ2n) is 5.76. The Bertz CT molecular complexity index is 671. The summed E-state index contributed by atoms with van der Waals surface area (Å²) in [5, 5.41) is 0.542. The van der Waals surface area contributed by atoms with E-state index in [1.54, 1.807) is 6.20 Å². The predicted molar refractivity (Wildman–Crippen MR) is 83.9 cm³/mol. The number of hydrogen-bond acceptors (Lipinski definition) is 3. The third-order valence-electron chi connectivity index (χ3n) is 4.57. The summed E-state index contributed by atoms with van der Waals surface area (Å²) in [5.74, 6) is 0. The second kappa shape index (κ2) is 5.00. The molecule has 1 unspecified atom stereocenters. The zero-order valence-electron chi connectivity index (χ0n) is 11.8. The summed E-state index contributed by atoms with van der Waals surface area (Å²) in [7, 11) is 0. The van der Waals surface area contributed by atoms with Gasteiger partial charge in [-0.25, -0.2) is 4.98 Å². The molecule has 1 spiro atoms. The number of aromatic nitrogens is 1. The summed E-state index contributed by atoms with van der Waals surface area (Å²) in [6.07, 6.45) is 3.92. The largest absolute Gasteiger partial charge is 0.367 e. The van der Waals surface area contributed by atoms with E-state index in [1.165, 1.54) is 11.1 Å². The molecule has 0 radical (unpaired) electrons. The number of halogens is 1. The predicted octanol–water partition coefficient (Wildman–Crippen LogP) is 3.41. The van der Waals surface area contributed by atoms with Crippen molar-refractivity contribution < 1.29 is 4.74 Å². The van der Waals surface area contributed by atoms with Crippen LogP contribution >= 0.6 is 11.6 Å². The van der Waals surface area contributed by atoms with Crippen molar-refractivity contribution in [3.8, 4) is 0 Å². The molecule has 2 heterocycles. The van der Waals surface area contributed by atoms with E-state index in [0.717, 1.165) is 38.2 Å². The smallest absolute Gasteiger partial charge is 0.131 e. The van der Waals surface area contributed by atoms with Gasteiger partial charge in [0.05, 0.1) is 13.2 Å². The Morgan fingerprint density at radius 3 is 3.05 bits per heavy atom. The van der Waals surface area contributed by atoms with E-state index < -0.39 is 0 Å². The third-order valence-corrected chi connectivity index (χ3v) is 4.77. The number of nitrogens with zero attached hydrogens (tertiary/aromatic N) is 2. The molecule has 0 amide bonds. The normalized spacial score (nSPS) is 24.3. The number of rotatable bonds is 1. The molecular weight excluding hydrogens is 284 g/mol. The molecule has 21 heavy (non-hydrogen) atoms. The maximum absolute atomic E-state index is 6.24.